The van der Waals surface area contributed by atoms with Crippen LogP contribution in [0.5, 0.6) is 0 Å². The van der Waals surface area contributed by atoms with Gasteiger partial charge < -0.3 is 4.74 Å². The van der Waals surface area contributed by atoms with Crippen molar-refractivity contribution in [2.24, 2.45) is 0 Å². The summed E-state index contributed by atoms with van der Waals surface area (Å²) in [6.07, 6.45) is -3.01. The van der Waals surface area contributed by atoms with E-state index < -0.39 is 12.4 Å². The molecule has 0 fully saturated rings. The van der Waals surface area contributed by atoms with Crippen LogP contribution in [0, 0.1) is 3.57 Å². The Morgan fingerprint density at radius 2 is 2.31 bits per heavy atom. The standard InChI is InChI=1S/C9H7ClF2INO2/c1-16-7(15)3-6-4(9(11)12)2-5(13)8(10)14-6/h2,9H,3H2,1H3. The molecular formula is C9H7ClF2INO2. The molecule has 0 N–H and O–H groups in total. The Kier molecular flexibility index (Phi) is 4.85. The highest BCUT2D eigenvalue weighted by molar-refractivity contribution is 14.1. The third kappa shape index (κ3) is 3.24. The molecule has 0 atom stereocenters. The van der Waals surface area contributed by atoms with Crippen LogP contribution in [0.3, 0.4) is 0 Å². The molecule has 0 aliphatic carbocycles. The summed E-state index contributed by atoms with van der Waals surface area (Å²) in [5, 5.41) is 0.101. The Morgan fingerprint density at radius 1 is 1.69 bits per heavy atom. The monoisotopic (exact) mass is 361 g/mol. The quantitative estimate of drug-likeness (QED) is 0.472. The van der Waals surface area contributed by atoms with Crippen LogP contribution >= 0.6 is 34.2 Å². The number of halogens is 4. The topological polar surface area (TPSA) is 39.2 Å². The molecule has 1 heterocycles. The highest BCUT2D eigenvalue weighted by atomic mass is 127. The zero-order valence-electron chi connectivity index (χ0n) is 8.14. The molecule has 0 aliphatic rings. The SMILES string of the molecule is COC(=O)Cc1nc(Cl)c(I)cc1C(F)F. The van der Waals surface area contributed by atoms with E-state index >= 15 is 0 Å². The zero-order chi connectivity index (χ0) is 12.3. The Morgan fingerprint density at radius 3 is 2.81 bits per heavy atom. The summed E-state index contributed by atoms with van der Waals surface area (Å²) in [6.45, 7) is 0. The van der Waals surface area contributed by atoms with Gasteiger partial charge in [0.05, 0.1) is 22.8 Å². The molecule has 0 unspecified atom stereocenters. The van der Waals surface area contributed by atoms with Gasteiger partial charge in [-0.1, -0.05) is 11.6 Å². The van der Waals surface area contributed by atoms with Gasteiger partial charge in [-0.05, 0) is 28.7 Å². The number of methoxy groups -OCH3 is 1. The lowest BCUT2D eigenvalue weighted by atomic mass is 10.1. The first-order valence-electron chi connectivity index (χ1n) is 4.15. The molecule has 0 radical (unpaired) electrons. The van der Waals surface area contributed by atoms with E-state index in [1.807, 2.05) is 0 Å². The van der Waals surface area contributed by atoms with Crippen molar-refractivity contribution in [3.05, 3.63) is 26.0 Å². The van der Waals surface area contributed by atoms with Gasteiger partial charge in [-0.2, -0.15) is 0 Å². The number of pyridine rings is 1. The largest absolute Gasteiger partial charge is 0.469 e. The van der Waals surface area contributed by atoms with Crippen molar-refractivity contribution in [1.29, 1.82) is 0 Å². The van der Waals surface area contributed by atoms with Gasteiger partial charge in [0.25, 0.3) is 6.43 Å². The number of rotatable bonds is 3. The van der Waals surface area contributed by atoms with Gasteiger partial charge in [0, 0.05) is 5.56 Å². The lowest BCUT2D eigenvalue weighted by molar-refractivity contribution is -0.139. The number of hydrogen-bond donors (Lipinski definition) is 0. The third-order valence-corrected chi connectivity index (χ3v) is 3.25. The number of esters is 1. The summed E-state index contributed by atoms with van der Waals surface area (Å²) in [5.41, 5.74) is -0.341. The Labute approximate surface area is 109 Å². The van der Waals surface area contributed by atoms with Crippen molar-refractivity contribution >= 4 is 40.2 Å². The molecular weight excluding hydrogens is 354 g/mol. The maximum Gasteiger partial charge on any atom is 0.311 e. The fourth-order valence-corrected chi connectivity index (χ4v) is 1.67. The van der Waals surface area contributed by atoms with Crippen molar-refractivity contribution in [3.8, 4) is 0 Å². The van der Waals surface area contributed by atoms with Gasteiger partial charge in [0.15, 0.2) is 0 Å². The van der Waals surface area contributed by atoms with Gasteiger partial charge in [-0.3, -0.25) is 4.79 Å². The molecule has 7 heteroatoms. The van der Waals surface area contributed by atoms with Crippen LogP contribution in [0.25, 0.3) is 0 Å². The molecule has 1 rings (SSSR count). The molecule has 0 aromatic carbocycles. The highest BCUT2D eigenvalue weighted by Crippen LogP contribution is 2.27. The second-order valence-corrected chi connectivity index (χ2v) is 4.37. The van der Waals surface area contributed by atoms with Gasteiger partial charge in [0.2, 0.25) is 0 Å². The first kappa shape index (κ1) is 13.6. The summed E-state index contributed by atoms with van der Waals surface area (Å²) in [7, 11) is 1.18. The predicted molar refractivity (Wildman–Crippen MR) is 62.6 cm³/mol. The van der Waals surface area contributed by atoms with E-state index in [0.717, 1.165) is 0 Å². The zero-order valence-corrected chi connectivity index (χ0v) is 11.1. The second kappa shape index (κ2) is 5.72. The van der Waals surface area contributed by atoms with Crippen LogP contribution in [0.15, 0.2) is 6.07 Å². The number of carbonyl (C=O) groups excluding carboxylic acids is 1. The van der Waals surface area contributed by atoms with Crippen LogP contribution in [-0.2, 0) is 16.0 Å². The Hall–Kier alpha value is -0.500. The van der Waals surface area contributed by atoms with Crippen molar-refractivity contribution in [2.45, 2.75) is 12.8 Å². The van der Waals surface area contributed by atoms with Crippen molar-refractivity contribution in [3.63, 3.8) is 0 Å². The molecule has 3 nitrogen and oxygen atoms in total. The lowest BCUT2D eigenvalue weighted by Gasteiger charge is -2.08. The Balaban J connectivity index is 3.14. The van der Waals surface area contributed by atoms with E-state index in [9.17, 15) is 13.6 Å². The van der Waals surface area contributed by atoms with E-state index in [1.165, 1.54) is 13.2 Å². The summed E-state index contributed by atoms with van der Waals surface area (Å²) in [4.78, 5) is 14.8. The van der Waals surface area contributed by atoms with Crippen molar-refractivity contribution in [1.82, 2.24) is 4.98 Å². The van der Waals surface area contributed by atoms with E-state index in [0.29, 0.717) is 3.57 Å². The van der Waals surface area contributed by atoms with Crippen molar-refractivity contribution < 1.29 is 18.3 Å². The van der Waals surface area contributed by atoms with E-state index in [2.05, 4.69) is 9.72 Å². The fourth-order valence-electron chi connectivity index (χ4n) is 1.06. The molecule has 0 saturated carbocycles. The van der Waals surface area contributed by atoms with Gasteiger partial charge >= 0.3 is 5.97 Å². The van der Waals surface area contributed by atoms with Crippen LogP contribution in [0.4, 0.5) is 8.78 Å². The van der Waals surface area contributed by atoms with Crippen LogP contribution in [0.1, 0.15) is 17.7 Å². The molecule has 0 saturated heterocycles. The minimum Gasteiger partial charge on any atom is -0.469 e. The van der Waals surface area contributed by atoms with E-state index in [4.69, 9.17) is 11.6 Å². The molecule has 88 valence electrons. The molecule has 0 amide bonds. The second-order valence-electron chi connectivity index (χ2n) is 2.85. The normalized spacial score (nSPS) is 10.6. The summed E-state index contributed by atoms with van der Waals surface area (Å²) >= 11 is 7.50. The number of carbonyl (C=O) groups is 1. The Bertz CT molecular complexity index is 415. The molecule has 0 bridgehead atoms. The number of ether oxygens (including phenoxy) is 1. The average molecular weight is 362 g/mol. The number of aromatic nitrogens is 1. The predicted octanol–water partition coefficient (Wildman–Crippen LogP) is 2.99. The van der Waals surface area contributed by atoms with Gasteiger partial charge in [-0.15, -0.1) is 0 Å². The maximum atomic E-state index is 12.7. The number of hydrogen-bond acceptors (Lipinski definition) is 3. The molecule has 0 aliphatic heterocycles. The lowest BCUT2D eigenvalue weighted by Crippen LogP contribution is -2.10. The van der Waals surface area contributed by atoms with Crippen LogP contribution in [-0.4, -0.2) is 18.1 Å². The van der Waals surface area contributed by atoms with Crippen LogP contribution < -0.4 is 0 Å². The van der Waals surface area contributed by atoms with Gasteiger partial charge in [-0.25, -0.2) is 13.8 Å². The fraction of sp³-hybridized carbons (Fsp3) is 0.333. The minimum atomic E-state index is -2.70. The van der Waals surface area contributed by atoms with Gasteiger partial charge in [0.1, 0.15) is 5.15 Å². The molecule has 1 aromatic heterocycles. The van der Waals surface area contributed by atoms with Crippen molar-refractivity contribution in [2.75, 3.05) is 7.11 Å². The van der Waals surface area contributed by atoms with Crippen LogP contribution in [0.2, 0.25) is 5.15 Å². The summed E-state index contributed by atoms with van der Waals surface area (Å²) in [6, 6.07) is 1.22. The number of alkyl halides is 2. The molecule has 0 spiro atoms. The third-order valence-electron chi connectivity index (χ3n) is 1.82. The summed E-state index contributed by atoms with van der Waals surface area (Å²) in [5.74, 6) is -0.633. The smallest absolute Gasteiger partial charge is 0.311 e. The van der Waals surface area contributed by atoms with E-state index in [1.54, 1.807) is 22.6 Å². The van der Waals surface area contributed by atoms with E-state index in [-0.39, 0.29) is 22.8 Å². The molecule has 1 aromatic rings. The first-order chi connectivity index (χ1) is 7.45. The maximum absolute atomic E-state index is 12.7. The number of nitrogens with zero attached hydrogens (tertiary/aromatic N) is 1. The average Bonchev–Trinajstić information content (AvgIpc) is 2.22. The minimum absolute atomic E-state index is 0.0488. The summed E-state index contributed by atoms with van der Waals surface area (Å²) < 4.78 is 30.1. The molecule has 16 heavy (non-hydrogen) atoms. The first-order valence-corrected chi connectivity index (χ1v) is 5.61. The highest BCUT2D eigenvalue weighted by Gasteiger charge is 2.19.